The first-order valence-electron chi connectivity index (χ1n) is 3.45. The lowest BCUT2D eigenvalue weighted by Crippen LogP contribution is -1.81. The summed E-state index contributed by atoms with van der Waals surface area (Å²) >= 11 is 5.62. The van der Waals surface area contributed by atoms with Gasteiger partial charge >= 0.3 is 0 Å². The molecule has 3 heteroatoms. The molecule has 0 aromatic heterocycles. The van der Waals surface area contributed by atoms with E-state index in [-0.39, 0.29) is 0 Å². The van der Waals surface area contributed by atoms with E-state index in [0.717, 1.165) is 0 Å². The highest BCUT2D eigenvalue weighted by Gasteiger charge is 1.92. The molecule has 0 aliphatic rings. The fraction of sp³-hybridized carbons (Fsp3) is 0.111. The molecule has 0 fully saturated rings. The molecule has 0 radical (unpaired) electrons. The van der Waals surface area contributed by atoms with Gasteiger partial charge in [0.15, 0.2) is 0 Å². The SMILES string of the molecule is OCC(F)=Cc1ccc(Cl)cc1. The summed E-state index contributed by atoms with van der Waals surface area (Å²) in [6.07, 6.45) is 1.26. The molecule has 0 heterocycles. The zero-order chi connectivity index (χ0) is 8.97. The summed E-state index contributed by atoms with van der Waals surface area (Å²) in [4.78, 5) is 0. The van der Waals surface area contributed by atoms with Crippen LogP contribution in [0.2, 0.25) is 5.02 Å². The van der Waals surface area contributed by atoms with Crippen LogP contribution in [0.15, 0.2) is 30.1 Å². The van der Waals surface area contributed by atoms with Gasteiger partial charge in [-0.3, -0.25) is 0 Å². The first-order chi connectivity index (χ1) is 5.72. The molecule has 0 bridgehead atoms. The van der Waals surface area contributed by atoms with Crippen molar-refractivity contribution in [3.63, 3.8) is 0 Å². The highest BCUT2D eigenvalue weighted by Crippen LogP contribution is 2.12. The lowest BCUT2D eigenvalue weighted by Gasteiger charge is -1.93. The second-order valence-electron chi connectivity index (χ2n) is 2.30. The Kier molecular flexibility index (Phi) is 3.26. The minimum absolute atomic E-state index is 0.558. The fourth-order valence-electron chi connectivity index (χ4n) is 0.785. The van der Waals surface area contributed by atoms with Crippen molar-refractivity contribution in [1.29, 1.82) is 0 Å². The molecule has 0 saturated carbocycles. The molecular weight excluding hydrogens is 179 g/mol. The van der Waals surface area contributed by atoms with Crippen molar-refractivity contribution in [3.8, 4) is 0 Å². The largest absolute Gasteiger partial charge is 0.389 e. The van der Waals surface area contributed by atoms with Gasteiger partial charge in [0.1, 0.15) is 5.83 Å². The summed E-state index contributed by atoms with van der Waals surface area (Å²) < 4.78 is 12.5. The van der Waals surface area contributed by atoms with Crippen molar-refractivity contribution in [2.45, 2.75) is 0 Å². The van der Waals surface area contributed by atoms with E-state index in [1.807, 2.05) is 0 Å². The van der Waals surface area contributed by atoms with E-state index in [0.29, 0.717) is 10.6 Å². The predicted octanol–water partition coefficient (Wildman–Crippen LogP) is 2.64. The zero-order valence-corrected chi connectivity index (χ0v) is 7.05. The van der Waals surface area contributed by atoms with Crippen LogP contribution in [0.1, 0.15) is 5.56 Å². The van der Waals surface area contributed by atoms with Gasteiger partial charge in [0.2, 0.25) is 0 Å². The maximum absolute atomic E-state index is 12.5. The number of benzene rings is 1. The summed E-state index contributed by atoms with van der Waals surface area (Å²) in [5.74, 6) is -0.558. The Bertz CT molecular complexity index is 279. The van der Waals surface area contributed by atoms with Gasteiger partial charge in [0.25, 0.3) is 0 Å². The second kappa shape index (κ2) is 4.24. The van der Waals surface area contributed by atoms with Gasteiger partial charge in [-0.05, 0) is 23.8 Å². The quantitative estimate of drug-likeness (QED) is 0.753. The minimum Gasteiger partial charge on any atom is -0.389 e. The third-order valence-corrected chi connectivity index (χ3v) is 1.60. The lowest BCUT2D eigenvalue weighted by atomic mass is 10.2. The van der Waals surface area contributed by atoms with Crippen molar-refractivity contribution < 1.29 is 9.50 Å². The van der Waals surface area contributed by atoms with Gasteiger partial charge in [-0.1, -0.05) is 23.7 Å². The highest BCUT2D eigenvalue weighted by atomic mass is 35.5. The van der Waals surface area contributed by atoms with Crippen LogP contribution in [0, 0.1) is 0 Å². The number of halogens is 2. The molecule has 0 saturated heterocycles. The molecule has 1 N–H and O–H groups in total. The lowest BCUT2D eigenvalue weighted by molar-refractivity contribution is 0.300. The monoisotopic (exact) mass is 186 g/mol. The Balaban J connectivity index is 2.84. The number of hydrogen-bond donors (Lipinski definition) is 1. The van der Waals surface area contributed by atoms with Crippen molar-refractivity contribution in [2.24, 2.45) is 0 Å². The molecule has 1 nitrogen and oxygen atoms in total. The van der Waals surface area contributed by atoms with Crippen LogP contribution in [0.3, 0.4) is 0 Å². The van der Waals surface area contributed by atoms with Crippen LogP contribution < -0.4 is 0 Å². The molecule has 12 heavy (non-hydrogen) atoms. The van der Waals surface area contributed by atoms with Crippen molar-refractivity contribution in [1.82, 2.24) is 0 Å². The molecule has 0 unspecified atom stereocenters. The van der Waals surface area contributed by atoms with E-state index in [1.54, 1.807) is 24.3 Å². The molecule has 0 aliphatic carbocycles. The van der Waals surface area contributed by atoms with Crippen LogP contribution in [-0.2, 0) is 0 Å². The average molecular weight is 187 g/mol. The van der Waals surface area contributed by atoms with E-state index >= 15 is 0 Å². The van der Waals surface area contributed by atoms with Crippen molar-refractivity contribution >= 4 is 17.7 Å². The molecule has 0 atom stereocenters. The first-order valence-corrected chi connectivity index (χ1v) is 3.82. The van der Waals surface area contributed by atoms with Gasteiger partial charge in [0.05, 0.1) is 6.61 Å². The minimum atomic E-state index is -0.567. The first kappa shape index (κ1) is 9.23. The number of hydrogen-bond acceptors (Lipinski definition) is 1. The van der Waals surface area contributed by atoms with Gasteiger partial charge in [-0.15, -0.1) is 0 Å². The maximum atomic E-state index is 12.5. The molecule has 1 aromatic rings. The molecule has 0 aliphatic heterocycles. The molecule has 1 rings (SSSR count). The van der Waals surface area contributed by atoms with E-state index < -0.39 is 12.4 Å². The van der Waals surface area contributed by atoms with Crippen LogP contribution in [0.5, 0.6) is 0 Å². The number of aliphatic hydroxyl groups is 1. The smallest absolute Gasteiger partial charge is 0.126 e. The average Bonchev–Trinajstić information content (AvgIpc) is 2.09. The second-order valence-corrected chi connectivity index (χ2v) is 2.74. The number of aliphatic hydroxyl groups excluding tert-OH is 1. The van der Waals surface area contributed by atoms with Gasteiger partial charge in [-0.2, -0.15) is 0 Å². The summed E-state index contributed by atoms with van der Waals surface area (Å²) in [5.41, 5.74) is 0.686. The van der Waals surface area contributed by atoms with Gasteiger partial charge in [0, 0.05) is 5.02 Å². The van der Waals surface area contributed by atoms with Crippen LogP contribution in [-0.4, -0.2) is 11.7 Å². The Morgan fingerprint density at radius 3 is 2.50 bits per heavy atom. The summed E-state index contributed by atoms with van der Waals surface area (Å²) in [7, 11) is 0. The van der Waals surface area contributed by atoms with Crippen LogP contribution >= 0.6 is 11.6 Å². The topological polar surface area (TPSA) is 20.2 Å². The van der Waals surface area contributed by atoms with E-state index in [4.69, 9.17) is 16.7 Å². The molecule has 0 amide bonds. The standard InChI is InChI=1S/C9H8ClFO/c10-8-3-1-7(2-4-8)5-9(11)6-12/h1-5,12H,6H2. The molecule has 0 spiro atoms. The maximum Gasteiger partial charge on any atom is 0.126 e. The third-order valence-electron chi connectivity index (χ3n) is 1.34. The van der Waals surface area contributed by atoms with E-state index in [2.05, 4.69) is 0 Å². The molecular formula is C9H8ClFO. The highest BCUT2D eigenvalue weighted by molar-refractivity contribution is 6.30. The van der Waals surface area contributed by atoms with E-state index in [1.165, 1.54) is 6.08 Å². The van der Waals surface area contributed by atoms with E-state index in [9.17, 15) is 4.39 Å². The third kappa shape index (κ3) is 2.64. The molecule has 64 valence electrons. The fourth-order valence-corrected chi connectivity index (χ4v) is 0.911. The van der Waals surface area contributed by atoms with Gasteiger partial charge < -0.3 is 5.11 Å². The van der Waals surface area contributed by atoms with Gasteiger partial charge in [-0.25, -0.2) is 4.39 Å². The Morgan fingerprint density at radius 2 is 2.00 bits per heavy atom. The summed E-state index contributed by atoms with van der Waals surface area (Å²) in [6.45, 7) is -0.567. The normalized spacial score (nSPS) is 11.8. The number of rotatable bonds is 2. The van der Waals surface area contributed by atoms with Crippen LogP contribution in [0.4, 0.5) is 4.39 Å². The Labute approximate surface area is 75.1 Å². The Morgan fingerprint density at radius 1 is 1.42 bits per heavy atom. The predicted molar refractivity (Wildman–Crippen MR) is 47.6 cm³/mol. The summed E-state index contributed by atoms with van der Waals surface area (Å²) in [6, 6.07) is 6.69. The zero-order valence-electron chi connectivity index (χ0n) is 6.30. The van der Waals surface area contributed by atoms with Crippen molar-refractivity contribution in [3.05, 3.63) is 40.7 Å². The Hall–Kier alpha value is -0.860. The van der Waals surface area contributed by atoms with Crippen LogP contribution in [0.25, 0.3) is 6.08 Å². The molecule has 1 aromatic carbocycles. The van der Waals surface area contributed by atoms with Crippen molar-refractivity contribution in [2.75, 3.05) is 6.61 Å². The summed E-state index contributed by atoms with van der Waals surface area (Å²) in [5, 5.41) is 8.99.